The molecule has 21 heavy (non-hydrogen) atoms. The van der Waals surface area contributed by atoms with Crippen LogP contribution in [0.5, 0.6) is 0 Å². The molecule has 0 aliphatic heterocycles. The van der Waals surface area contributed by atoms with Gasteiger partial charge in [0.1, 0.15) is 0 Å². The van der Waals surface area contributed by atoms with Gasteiger partial charge in [0.2, 0.25) is 0 Å². The minimum atomic E-state index is -3.79. The van der Waals surface area contributed by atoms with Crippen LogP contribution < -0.4 is 4.72 Å². The molecule has 0 spiro atoms. The number of hydrogen-bond acceptors (Lipinski definition) is 5. The number of carboxylic acids is 1. The SMILES string of the molecule is CN(CCC(=O)O)S(=O)(=O)NCc1ccc([N+](=O)[O-])cc1. The first-order valence-corrected chi connectivity index (χ1v) is 7.32. The number of rotatable bonds is 8. The zero-order valence-electron chi connectivity index (χ0n) is 11.2. The highest BCUT2D eigenvalue weighted by Crippen LogP contribution is 2.12. The lowest BCUT2D eigenvalue weighted by Crippen LogP contribution is -2.38. The van der Waals surface area contributed by atoms with Crippen LogP contribution in [0.3, 0.4) is 0 Å². The summed E-state index contributed by atoms with van der Waals surface area (Å²) in [5.41, 5.74) is 0.469. The summed E-state index contributed by atoms with van der Waals surface area (Å²) in [6, 6.07) is 5.44. The van der Waals surface area contributed by atoms with E-state index in [1.54, 1.807) is 0 Å². The Hall–Kier alpha value is -2.04. The highest BCUT2D eigenvalue weighted by atomic mass is 32.2. The second-order valence-corrected chi connectivity index (χ2v) is 6.08. The number of nitrogens with one attached hydrogen (secondary N) is 1. The molecule has 1 rings (SSSR count). The van der Waals surface area contributed by atoms with Gasteiger partial charge in [0, 0.05) is 32.3 Å². The Labute approximate surface area is 121 Å². The first-order valence-electron chi connectivity index (χ1n) is 5.88. The molecule has 0 unspecified atom stereocenters. The van der Waals surface area contributed by atoms with E-state index >= 15 is 0 Å². The van der Waals surface area contributed by atoms with E-state index in [2.05, 4.69) is 4.72 Å². The molecule has 0 saturated heterocycles. The Morgan fingerprint density at radius 3 is 2.43 bits per heavy atom. The molecule has 1 aromatic carbocycles. The zero-order valence-corrected chi connectivity index (χ0v) is 12.0. The van der Waals surface area contributed by atoms with Gasteiger partial charge in [-0.05, 0) is 5.56 Å². The predicted octanol–water partition coefficient (Wildman–Crippen LogP) is 0.336. The number of nitro benzene ring substituents is 1. The van der Waals surface area contributed by atoms with Gasteiger partial charge in [0.15, 0.2) is 0 Å². The molecule has 2 N–H and O–H groups in total. The molecule has 0 bridgehead atoms. The van der Waals surface area contributed by atoms with E-state index < -0.39 is 21.1 Å². The van der Waals surface area contributed by atoms with Crippen LogP contribution in [0.15, 0.2) is 24.3 Å². The van der Waals surface area contributed by atoms with Crippen LogP contribution in [0.1, 0.15) is 12.0 Å². The van der Waals surface area contributed by atoms with Crippen LogP contribution in [0.25, 0.3) is 0 Å². The molecule has 9 nitrogen and oxygen atoms in total. The number of carbonyl (C=O) groups is 1. The Morgan fingerprint density at radius 1 is 1.38 bits per heavy atom. The molecule has 0 amide bonds. The smallest absolute Gasteiger partial charge is 0.304 e. The van der Waals surface area contributed by atoms with E-state index in [-0.39, 0.29) is 25.2 Å². The lowest BCUT2D eigenvalue weighted by atomic mass is 10.2. The van der Waals surface area contributed by atoms with Crippen molar-refractivity contribution in [1.29, 1.82) is 0 Å². The fourth-order valence-electron chi connectivity index (χ4n) is 1.39. The molecule has 0 atom stereocenters. The zero-order chi connectivity index (χ0) is 16.0. The van der Waals surface area contributed by atoms with E-state index in [1.165, 1.54) is 31.3 Å². The molecule has 116 valence electrons. The second-order valence-electron chi connectivity index (χ2n) is 4.21. The lowest BCUT2D eigenvalue weighted by Gasteiger charge is -2.16. The fourth-order valence-corrected chi connectivity index (χ4v) is 2.29. The van der Waals surface area contributed by atoms with Crippen molar-refractivity contribution < 1.29 is 23.2 Å². The third-order valence-electron chi connectivity index (χ3n) is 2.66. The number of nitro groups is 1. The molecule has 0 aliphatic rings. The van der Waals surface area contributed by atoms with Crippen LogP contribution in [-0.4, -0.2) is 42.3 Å². The number of carboxylic acid groups (broad SMARTS) is 1. The first kappa shape index (κ1) is 17.0. The average molecular weight is 317 g/mol. The Balaban J connectivity index is 2.60. The molecular weight excluding hydrogens is 302 g/mol. The molecule has 0 aliphatic carbocycles. The van der Waals surface area contributed by atoms with Gasteiger partial charge in [0.05, 0.1) is 11.3 Å². The maximum atomic E-state index is 11.8. The predicted molar refractivity (Wildman–Crippen MR) is 73.7 cm³/mol. The van der Waals surface area contributed by atoms with Gasteiger partial charge in [-0.1, -0.05) is 12.1 Å². The van der Waals surface area contributed by atoms with Crippen molar-refractivity contribution >= 4 is 21.9 Å². The van der Waals surface area contributed by atoms with Crippen molar-refractivity contribution in [3.63, 3.8) is 0 Å². The standard InChI is InChI=1S/C11H15N3O6S/c1-13(7-6-11(15)16)21(19,20)12-8-9-2-4-10(5-3-9)14(17)18/h2-5,12H,6-8H2,1H3,(H,15,16). The average Bonchev–Trinajstić information content (AvgIpc) is 2.42. The molecular formula is C11H15N3O6S. The Morgan fingerprint density at radius 2 is 1.95 bits per heavy atom. The summed E-state index contributed by atoms with van der Waals surface area (Å²) in [6.07, 6.45) is -0.297. The summed E-state index contributed by atoms with van der Waals surface area (Å²) >= 11 is 0. The quantitative estimate of drug-likeness (QED) is 0.525. The fraction of sp³-hybridized carbons (Fsp3) is 0.364. The van der Waals surface area contributed by atoms with Crippen molar-refractivity contribution in [3.05, 3.63) is 39.9 Å². The summed E-state index contributed by atoms with van der Waals surface area (Å²) in [5, 5.41) is 19.0. The third kappa shape index (κ3) is 5.45. The normalized spacial score (nSPS) is 11.5. The number of hydrogen-bond donors (Lipinski definition) is 2. The lowest BCUT2D eigenvalue weighted by molar-refractivity contribution is -0.384. The van der Waals surface area contributed by atoms with E-state index in [9.17, 15) is 23.3 Å². The monoisotopic (exact) mass is 317 g/mol. The van der Waals surface area contributed by atoms with Crippen molar-refractivity contribution in [1.82, 2.24) is 9.03 Å². The minimum absolute atomic E-state index is 0.0439. The first-order chi connectivity index (χ1) is 9.72. The minimum Gasteiger partial charge on any atom is -0.481 e. The van der Waals surface area contributed by atoms with E-state index in [0.29, 0.717) is 5.56 Å². The highest BCUT2D eigenvalue weighted by molar-refractivity contribution is 7.87. The van der Waals surface area contributed by atoms with E-state index in [4.69, 9.17) is 5.11 Å². The van der Waals surface area contributed by atoms with Gasteiger partial charge in [-0.15, -0.1) is 0 Å². The topological polar surface area (TPSA) is 130 Å². The van der Waals surface area contributed by atoms with E-state index in [0.717, 1.165) is 4.31 Å². The van der Waals surface area contributed by atoms with Gasteiger partial charge >= 0.3 is 5.97 Å². The Kier molecular flexibility index (Phi) is 5.76. The van der Waals surface area contributed by atoms with Gasteiger partial charge in [-0.25, -0.2) is 0 Å². The summed E-state index contributed by atoms with van der Waals surface area (Å²) in [7, 11) is -2.53. The van der Waals surface area contributed by atoms with Gasteiger partial charge < -0.3 is 5.11 Å². The Bertz CT molecular complexity index is 613. The van der Waals surface area contributed by atoms with Crippen molar-refractivity contribution in [2.24, 2.45) is 0 Å². The molecule has 1 aromatic rings. The van der Waals surface area contributed by atoms with Crippen LogP contribution in [-0.2, 0) is 21.5 Å². The maximum absolute atomic E-state index is 11.8. The summed E-state index contributed by atoms with van der Waals surface area (Å²) in [6.45, 7) is -0.192. The van der Waals surface area contributed by atoms with Crippen molar-refractivity contribution in [3.8, 4) is 0 Å². The van der Waals surface area contributed by atoms with Gasteiger partial charge in [0.25, 0.3) is 15.9 Å². The summed E-state index contributed by atoms with van der Waals surface area (Å²) < 4.78 is 26.8. The molecule has 0 saturated carbocycles. The van der Waals surface area contributed by atoms with Crippen LogP contribution in [0, 0.1) is 10.1 Å². The second kappa shape index (κ2) is 7.11. The molecule has 0 aromatic heterocycles. The van der Waals surface area contributed by atoms with Crippen molar-refractivity contribution in [2.45, 2.75) is 13.0 Å². The highest BCUT2D eigenvalue weighted by Gasteiger charge is 2.18. The molecule has 10 heteroatoms. The van der Waals surface area contributed by atoms with Crippen LogP contribution in [0.4, 0.5) is 5.69 Å². The molecule has 0 fully saturated rings. The number of non-ortho nitro benzene ring substituents is 1. The van der Waals surface area contributed by atoms with Gasteiger partial charge in [-0.3, -0.25) is 14.9 Å². The number of benzene rings is 1. The van der Waals surface area contributed by atoms with E-state index in [1.807, 2.05) is 0 Å². The largest absolute Gasteiger partial charge is 0.481 e. The molecule has 0 heterocycles. The maximum Gasteiger partial charge on any atom is 0.304 e. The number of aliphatic carboxylic acids is 1. The van der Waals surface area contributed by atoms with Crippen LogP contribution >= 0.6 is 0 Å². The summed E-state index contributed by atoms with van der Waals surface area (Å²) in [5.74, 6) is -1.09. The summed E-state index contributed by atoms with van der Waals surface area (Å²) in [4.78, 5) is 20.3. The molecule has 0 radical (unpaired) electrons. The van der Waals surface area contributed by atoms with Crippen LogP contribution in [0.2, 0.25) is 0 Å². The van der Waals surface area contributed by atoms with Gasteiger partial charge in [-0.2, -0.15) is 17.4 Å². The third-order valence-corrected chi connectivity index (χ3v) is 4.17. The number of nitrogens with zero attached hydrogens (tertiary/aromatic N) is 2. The van der Waals surface area contributed by atoms with Crippen molar-refractivity contribution in [2.75, 3.05) is 13.6 Å².